The minimum atomic E-state index is -4.09. The summed E-state index contributed by atoms with van der Waals surface area (Å²) >= 11 is 6.43. The second kappa shape index (κ2) is 14.1. The molecule has 3 aromatic carbocycles. The Hall–Kier alpha value is -3.36. The summed E-state index contributed by atoms with van der Waals surface area (Å²) in [5, 5.41) is 3.38. The molecular formula is C30H36ClN3O4S. The summed E-state index contributed by atoms with van der Waals surface area (Å²) in [6, 6.07) is 21.3. The van der Waals surface area contributed by atoms with Crippen LogP contribution in [0.4, 0.5) is 5.69 Å². The highest BCUT2D eigenvalue weighted by Gasteiger charge is 2.33. The summed E-state index contributed by atoms with van der Waals surface area (Å²) in [6.45, 7) is 5.81. The predicted molar refractivity (Wildman–Crippen MR) is 156 cm³/mol. The molecule has 0 saturated heterocycles. The molecule has 1 atom stereocenters. The van der Waals surface area contributed by atoms with Crippen molar-refractivity contribution in [1.82, 2.24) is 10.2 Å². The van der Waals surface area contributed by atoms with Gasteiger partial charge in [-0.3, -0.25) is 13.9 Å². The molecule has 0 aliphatic carbocycles. The lowest BCUT2D eigenvalue weighted by atomic mass is 10.1. The first-order valence-electron chi connectivity index (χ1n) is 13.1. The van der Waals surface area contributed by atoms with Crippen molar-refractivity contribution in [3.05, 3.63) is 95.0 Å². The molecule has 1 unspecified atom stereocenters. The lowest BCUT2D eigenvalue weighted by Crippen LogP contribution is -2.52. The summed E-state index contributed by atoms with van der Waals surface area (Å²) in [6.07, 6.45) is 2.09. The Balaban J connectivity index is 2.02. The van der Waals surface area contributed by atoms with Crippen LogP contribution in [0.2, 0.25) is 5.02 Å². The molecule has 0 spiro atoms. The maximum atomic E-state index is 14.0. The van der Waals surface area contributed by atoms with Crippen molar-refractivity contribution >= 4 is 39.1 Å². The molecule has 208 valence electrons. The quantitative estimate of drug-likeness (QED) is 0.273. The smallest absolute Gasteiger partial charge is 0.264 e. The fourth-order valence-corrected chi connectivity index (χ4v) is 5.81. The van der Waals surface area contributed by atoms with E-state index in [1.54, 1.807) is 60.7 Å². The molecule has 3 rings (SSSR count). The van der Waals surface area contributed by atoms with Gasteiger partial charge in [-0.2, -0.15) is 0 Å². The van der Waals surface area contributed by atoms with Crippen LogP contribution >= 0.6 is 11.6 Å². The summed E-state index contributed by atoms with van der Waals surface area (Å²) in [4.78, 5) is 28.7. The van der Waals surface area contributed by atoms with Crippen LogP contribution in [0.15, 0.2) is 83.8 Å². The molecule has 0 aromatic heterocycles. The zero-order valence-electron chi connectivity index (χ0n) is 22.6. The highest BCUT2D eigenvalue weighted by Crippen LogP contribution is 2.25. The third-order valence-electron chi connectivity index (χ3n) is 6.45. The van der Waals surface area contributed by atoms with E-state index in [1.807, 2.05) is 26.8 Å². The number of anilines is 1. The molecule has 7 nitrogen and oxygen atoms in total. The lowest BCUT2D eigenvalue weighted by molar-refractivity contribution is -0.140. The first-order chi connectivity index (χ1) is 18.7. The van der Waals surface area contributed by atoms with E-state index in [2.05, 4.69) is 5.32 Å². The number of para-hydroxylation sites is 1. The van der Waals surface area contributed by atoms with E-state index in [9.17, 15) is 18.0 Å². The average molecular weight is 570 g/mol. The van der Waals surface area contributed by atoms with Gasteiger partial charge in [0.25, 0.3) is 10.0 Å². The van der Waals surface area contributed by atoms with Crippen molar-refractivity contribution in [3.63, 3.8) is 0 Å². The largest absolute Gasteiger partial charge is 0.354 e. The van der Waals surface area contributed by atoms with Gasteiger partial charge in [-0.15, -0.1) is 0 Å². The number of hydrogen-bond donors (Lipinski definition) is 1. The maximum absolute atomic E-state index is 14.0. The number of amides is 2. The molecule has 39 heavy (non-hydrogen) atoms. The Kier molecular flexibility index (Phi) is 10.9. The number of aryl methyl sites for hydroxylation is 1. The lowest BCUT2D eigenvalue weighted by Gasteiger charge is -2.33. The van der Waals surface area contributed by atoms with Gasteiger partial charge in [-0.05, 0) is 55.7 Å². The second-order valence-electron chi connectivity index (χ2n) is 9.34. The molecule has 2 amide bonds. The first kappa shape index (κ1) is 30.2. The highest BCUT2D eigenvalue weighted by molar-refractivity contribution is 7.92. The topological polar surface area (TPSA) is 86.8 Å². The monoisotopic (exact) mass is 569 g/mol. The Labute approximate surface area is 236 Å². The molecular weight excluding hydrogens is 534 g/mol. The Bertz CT molecular complexity index is 1350. The van der Waals surface area contributed by atoms with Crippen molar-refractivity contribution < 1.29 is 18.0 Å². The van der Waals surface area contributed by atoms with E-state index < -0.39 is 28.5 Å². The summed E-state index contributed by atoms with van der Waals surface area (Å²) in [5.41, 5.74) is 1.94. The van der Waals surface area contributed by atoms with Gasteiger partial charge in [-0.25, -0.2) is 8.42 Å². The van der Waals surface area contributed by atoms with E-state index in [-0.39, 0.29) is 17.3 Å². The van der Waals surface area contributed by atoms with Gasteiger partial charge in [0, 0.05) is 18.1 Å². The van der Waals surface area contributed by atoms with Crippen molar-refractivity contribution in [2.24, 2.45) is 0 Å². The normalized spacial score (nSPS) is 12.0. The van der Waals surface area contributed by atoms with Gasteiger partial charge in [0.1, 0.15) is 12.6 Å². The number of unbranched alkanes of at least 4 members (excludes halogenated alkanes) is 1. The number of carbonyl (C=O) groups excluding carboxylic acids is 2. The summed E-state index contributed by atoms with van der Waals surface area (Å²) in [5.74, 6) is -0.786. The molecule has 0 radical (unpaired) electrons. The van der Waals surface area contributed by atoms with Crippen molar-refractivity contribution in [3.8, 4) is 0 Å². The zero-order chi connectivity index (χ0) is 28.4. The van der Waals surface area contributed by atoms with Gasteiger partial charge in [0.05, 0.1) is 10.6 Å². The van der Waals surface area contributed by atoms with Crippen LogP contribution < -0.4 is 9.62 Å². The van der Waals surface area contributed by atoms with Gasteiger partial charge in [0.15, 0.2) is 0 Å². The predicted octanol–water partition coefficient (Wildman–Crippen LogP) is 5.57. The Morgan fingerprint density at radius 3 is 2.18 bits per heavy atom. The summed E-state index contributed by atoms with van der Waals surface area (Å²) in [7, 11) is -4.09. The van der Waals surface area contributed by atoms with Crippen LogP contribution in [-0.2, 0) is 26.2 Å². The Morgan fingerprint density at radius 1 is 0.923 bits per heavy atom. The van der Waals surface area contributed by atoms with Gasteiger partial charge in [0.2, 0.25) is 11.8 Å². The third kappa shape index (κ3) is 7.83. The number of sulfonamides is 1. The fraction of sp³-hybridized carbons (Fsp3) is 0.333. The minimum Gasteiger partial charge on any atom is -0.354 e. The van der Waals surface area contributed by atoms with E-state index in [1.165, 1.54) is 17.0 Å². The highest BCUT2D eigenvalue weighted by atomic mass is 35.5. The van der Waals surface area contributed by atoms with Crippen LogP contribution in [0.3, 0.4) is 0 Å². The summed E-state index contributed by atoms with van der Waals surface area (Å²) < 4.78 is 28.7. The molecule has 0 aliphatic heterocycles. The molecule has 0 aliphatic rings. The van der Waals surface area contributed by atoms with Crippen LogP contribution in [0.1, 0.15) is 44.2 Å². The maximum Gasteiger partial charge on any atom is 0.264 e. The van der Waals surface area contributed by atoms with Crippen LogP contribution in [0, 0.1) is 6.92 Å². The molecule has 0 bridgehead atoms. The average Bonchev–Trinajstić information content (AvgIpc) is 2.93. The molecule has 3 aromatic rings. The first-order valence-corrected chi connectivity index (χ1v) is 15.0. The van der Waals surface area contributed by atoms with Crippen molar-refractivity contribution in [2.45, 2.75) is 57.5 Å². The minimum absolute atomic E-state index is 0.0609. The number of rotatable bonds is 13. The zero-order valence-corrected chi connectivity index (χ0v) is 24.2. The standard InChI is InChI=1S/C30H36ClN3O4S/c1-4-6-20-32-30(36)28(5-2)33(21-24-12-10-11-15-27(24)31)29(35)22-34(25-13-8-7-9-14-25)39(37,38)26-18-16-23(3)17-19-26/h7-19,28H,4-6,20-22H2,1-3H3,(H,32,36). The van der Waals surface area contributed by atoms with E-state index in [0.29, 0.717) is 29.2 Å². The number of carbonyl (C=O) groups is 2. The molecule has 9 heteroatoms. The molecule has 1 N–H and O–H groups in total. The second-order valence-corrected chi connectivity index (χ2v) is 11.6. The van der Waals surface area contributed by atoms with E-state index in [4.69, 9.17) is 11.6 Å². The van der Waals surface area contributed by atoms with Crippen LogP contribution in [-0.4, -0.2) is 44.3 Å². The number of benzene rings is 3. The third-order valence-corrected chi connectivity index (χ3v) is 8.60. The number of nitrogens with zero attached hydrogens (tertiary/aromatic N) is 2. The van der Waals surface area contributed by atoms with Crippen LogP contribution in [0.25, 0.3) is 0 Å². The van der Waals surface area contributed by atoms with E-state index >= 15 is 0 Å². The SMILES string of the molecule is CCCCNC(=O)C(CC)N(Cc1ccccc1Cl)C(=O)CN(c1ccccc1)S(=O)(=O)c1ccc(C)cc1. The number of hydrogen-bond acceptors (Lipinski definition) is 4. The van der Waals surface area contributed by atoms with Gasteiger partial charge in [-0.1, -0.05) is 86.0 Å². The van der Waals surface area contributed by atoms with Crippen molar-refractivity contribution in [2.75, 3.05) is 17.4 Å². The van der Waals surface area contributed by atoms with Gasteiger partial charge >= 0.3 is 0 Å². The van der Waals surface area contributed by atoms with Crippen LogP contribution in [0.5, 0.6) is 0 Å². The van der Waals surface area contributed by atoms with E-state index in [0.717, 1.165) is 22.7 Å². The number of halogens is 1. The molecule has 0 heterocycles. The molecule has 0 fully saturated rings. The van der Waals surface area contributed by atoms with Gasteiger partial charge < -0.3 is 10.2 Å². The fourth-order valence-electron chi connectivity index (χ4n) is 4.20. The van der Waals surface area contributed by atoms with Crippen molar-refractivity contribution in [1.29, 1.82) is 0 Å². The number of nitrogens with one attached hydrogen (secondary N) is 1. The molecule has 0 saturated carbocycles. The Morgan fingerprint density at radius 2 is 1.56 bits per heavy atom.